The Labute approximate surface area is 104 Å². The summed E-state index contributed by atoms with van der Waals surface area (Å²) in [5, 5.41) is 17.4. The van der Waals surface area contributed by atoms with Gasteiger partial charge in [-0.2, -0.15) is 0 Å². The number of rotatable bonds is 5. The standard InChI is InChI=1S/C8H14O6.3CH4/c1-5(9)7(11)13-3-4-14-8(12)6(2)10;;;/h5-6,9-10H,3-4H2,1-2H3;3*1H4. The SMILES string of the molecule is C.C.C.CC(O)C(=O)OCCOC(=O)C(C)O. The molecule has 6 heteroatoms. The first kappa shape index (κ1) is 24.9. The largest absolute Gasteiger partial charge is 0.460 e. The topological polar surface area (TPSA) is 93.1 Å². The van der Waals surface area contributed by atoms with Gasteiger partial charge >= 0.3 is 11.9 Å². The van der Waals surface area contributed by atoms with Crippen molar-refractivity contribution in [2.24, 2.45) is 0 Å². The highest BCUT2D eigenvalue weighted by atomic mass is 16.6. The summed E-state index contributed by atoms with van der Waals surface area (Å²) in [7, 11) is 0. The summed E-state index contributed by atoms with van der Waals surface area (Å²) >= 11 is 0. The lowest BCUT2D eigenvalue weighted by atomic mass is 10.4. The summed E-state index contributed by atoms with van der Waals surface area (Å²) in [6.45, 7) is 2.26. The molecule has 0 bridgehead atoms. The third-order valence-electron chi connectivity index (χ3n) is 1.25. The Morgan fingerprint density at radius 3 is 1.29 bits per heavy atom. The van der Waals surface area contributed by atoms with Gasteiger partial charge in [0.25, 0.3) is 0 Å². The first-order valence-corrected chi connectivity index (χ1v) is 4.14. The fourth-order valence-electron chi connectivity index (χ4n) is 0.526. The van der Waals surface area contributed by atoms with Crippen LogP contribution in [0.2, 0.25) is 0 Å². The maximum Gasteiger partial charge on any atom is 0.334 e. The Morgan fingerprint density at radius 2 is 1.12 bits per heavy atom. The smallest absolute Gasteiger partial charge is 0.334 e. The lowest BCUT2D eigenvalue weighted by molar-refractivity contribution is -0.161. The zero-order chi connectivity index (χ0) is 11.1. The maximum absolute atomic E-state index is 10.7. The third kappa shape index (κ3) is 12.8. The van der Waals surface area contributed by atoms with Crippen molar-refractivity contribution >= 4 is 11.9 Å². The first-order chi connectivity index (χ1) is 6.45. The van der Waals surface area contributed by atoms with E-state index in [1.54, 1.807) is 0 Å². The molecule has 0 amide bonds. The van der Waals surface area contributed by atoms with Gasteiger partial charge in [-0.1, -0.05) is 22.3 Å². The number of aliphatic hydroxyl groups excluding tert-OH is 2. The number of aliphatic hydroxyl groups is 2. The van der Waals surface area contributed by atoms with E-state index in [4.69, 9.17) is 10.2 Å². The Kier molecular flexibility index (Phi) is 18.9. The Hall–Kier alpha value is -1.14. The fraction of sp³-hybridized carbons (Fsp3) is 0.818. The van der Waals surface area contributed by atoms with E-state index in [2.05, 4.69) is 9.47 Å². The van der Waals surface area contributed by atoms with E-state index in [1.807, 2.05) is 0 Å². The van der Waals surface area contributed by atoms with Crippen LogP contribution in [0, 0.1) is 0 Å². The number of ether oxygens (including phenoxy) is 2. The number of carbonyl (C=O) groups is 2. The third-order valence-corrected chi connectivity index (χ3v) is 1.25. The second-order valence-corrected chi connectivity index (χ2v) is 2.69. The lowest BCUT2D eigenvalue weighted by Crippen LogP contribution is -2.24. The fourth-order valence-corrected chi connectivity index (χ4v) is 0.526. The summed E-state index contributed by atoms with van der Waals surface area (Å²) in [6.07, 6.45) is -2.38. The first-order valence-electron chi connectivity index (χ1n) is 4.14. The second-order valence-electron chi connectivity index (χ2n) is 2.69. The average molecular weight is 254 g/mol. The van der Waals surface area contributed by atoms with E-state index in [-0.39, 0.29) is 35.5 Å². The molecule has 17 heavy (non-hydrogen) atoms. The van der Waals surface area contributed by atoms with Gasteiger partial charge in [0.1, 0.15) is 25.4 Å². The van der Waals surface area contributed by atoms with Crippen LogP contribution in [0.25, 0.3) is 0 Å². The van der Waals surface area contributed by atoms with E-state index in [0.717, 1.165) is 0 Å². The van der Waals surface area contributed by atoms with Crippen LogP contribution in [0.1, 0.15) is 36.1 Å². The maximum atomic E-state index is 10.7. The van der Waals surface area contributed by atoms with Crippen LogP contribution in [0.4, 0.5) is 0 Å². The van der Waals surface area contributed by atoms with E-state index in [9.17, 15) is 9.59 Å². The molecular formula is C11H26O6. The molecule has 2 unspecified atom stereocenters. The summed E-state index contributed by atoms with van der Waals surface area (Å²) < 4.78 is 8.97. The minimum atomic E-state index is -1.19. The predicted octanol–water partition coefficient (Wildman–Crippen LogP) is 0.743. The quantitative estimate of drug-likeness (QED) is 0.555. The predicted molar refractivity (Wildman–Crippen MR) is 65.5 cm³/mol. The van der Waals surface area contributed by atoms with Gasteiger partial charge in [0.15, 0.2) is 0 Å². The molecule has 0 aliphatic rings. The van der Waals surface area contributed by atoms with Crippen LogP contribution < -0.4 is 0 Å². The summed E-state index contributed by atoms with van der Waals surface area (Å²) in [6, 6.07) is 0. The van der Waals surface area contributed by atoms with Gasteiger partial charge in [-0.05, 0) is 13.8 Å². The van der Waals surface area contributed by atoms with Crippen LogP contribution >= 0.6 is 0 Å². The number of carbonyl (C=O) groups excluding carboxylic acids is 2. The van der Waals surface area contributed by atoms with Crippen LogP contribution in [0.3, 0.4) is 0 Å². The highest BCUT2D eigenvalue weighted by Gasteiger charge is 2.12. The Morgan fingerprint density at radius 1 is 0.882 bits per heavy atom. The zero-order valence-electron chi connectivity index (χ0n) is 8.10. The molecule has 106 valence electrons. The minimum absolute atomic E-state index is 0. The molecule has 2 atom stereocenters. The molecule has 0 fully saturated rings. The van der Waals surface area contributed by atoms with Gasteiger partial charge in [0.05, 0.1) is 0 Å². The van der Waals surface area contributed by atoms with Gasteiger partial charge in [-0.15, -0.1) is 0 Å². The molecule has 0 aliphatic heterocycles. The molecule has 0 rings (SSSR count). The molecule has 0 aromatic rings. The minimum Gasteiger partial charge on any atom is -0.460 e. The molecule has 2 N–H and O–H groups in total. The number of hydrogen-bond donors (Lipinski definition) is 2. The van der Waals surface area contributed by atoms with Crippen molar-refractivity contribution in [1.82, 2.24) is 0 Å². The van der Waals surface area contributed by atoms with Crippen molar-refractivity contribution in [1.29, 1.82) is 0 Å². The molecule has 6 nitrogen and oxygen atoms in total. The van der Waals surface area contributed by atoms with Gasteiger partial charge in [0.2, 0.25) is 0 Å². The van der Waals surface area contributed by atoms with Crippen molar-refractivity contribution in [3.05, 3.63) is 0 Å². The van der Waals surface area contributed by atoms with Crippen LogP contribution in [-0.4, -0.2) is 47.6 Å². The van der Waals surface area contributed by atoms with E-state index in [0.29, 0.717) is 0 Å². The molecule has 0 saturated carbocycles. The van der Waals surface area contributed by atoms with Gasteiger partial charge in [-0.3, -0.25) is 0 Å². The monoisotopic (exact) mass is 254 g/mol. The molecular weight excluding hydrogens is 228 g/mol. The van der Waals surface area contributed by atoms with Crippen molar-refractivity contribution in [3.8, 4) is 0 Å². The normalized spacial score (nSPS) is 11.8. The van der Waals surface area contributed by atoms with Crippen molar-refractivity contribution in [3.63, 3.8) is 0 Å². The average Bonchev–Trinajstić information content (AvgIpc) is 2.11. The van der Waals surface area contributed by atoms with Crippen LogP contribution in [0.15, 0.2) is 0 Å². The summed E-state index contributed by atoms with van der Waals surface area (Å²) in [5.41, 5.74) is 0. The van der Waals surface area contributed by atoms with Crippen molar-refractivity contribution in [2.45, 2.75) is 48.3 Å². The van der Waals surface area contributed by atoms with E-state index < -0.39 is 24.1 Å². The van der Waals surface area contributed by atoms with Crippen LogP contribution in [-0.2, 0) is 19.1 Å². The van der Waals surface area contributed by atoms with Gasteiger partial charge in [0, 0.05) is 0 Å². The zero-order valence-corrected chi connectivity index (χ0v) is 8.10. The Bertz CT molecular complexity index is 178. The molecule has 0 spiro atoms. The summed E-state index contributed by atoms with van der Waals surface area (Å²) in [5.74, 6) is -1.56. The van der Waals surface area contributed by atoms with E-state index >= 15 is 0 Å². The molecule has 0 radical (unpaired) electrons. The summed E-state index contributed by atoms with van der Waals surface area (Å²) in [4.78, 5) is 21.3. The van der Waals surface area contributed by atoms with Crippen LogP contribution in [0.5, 0.6) is 0 Å². The molecule has 0 aromatic heterocycles. The molecule has 0 aliphatic carbocycles. The number of esters is 2. The second kappa shape index (κ2) is 12.9. The highest BCUT2D eigenvalue weighted by molar-refractivity contribution is 5.74. The highest BCUT2D eigenvalue weighted by Crippen LogP contribution is 1.89. The van der Waals surface area contributed by atoms with E-state index in [1.165, 1.54) is 13.8 Å². The molecule has 0 saturated heterocycles. The van der Waals surface area contributed by atoms with Crippen molar-refractivity contribution < 1.29 is 29.3 Å². The van der Waals surface area contributed by atoms with Gasteiger partial charge in [-0.25, -0.2) is 9.59 Å². The van der Waals surface area contributed by atoms with Crippen molar-refractivity contribution in [2.75, 3.05) is 13.2 Å². The van der Waals surface area contributed by atoms with Gasteiger partial charge < -0.3 is 19.7 Å². The Balaban J connectivity index is -0.000000282. The number of hydrogen-bond acceptors (Lipinski definition) is 6. The molecule has 0 heterocycles. The lowest BCUT2D eigenvalue weighted by Gasteiger charge is -2.08. The molecule has 0 aromatic carbocycles.